The number of aromatic amines is 1. The summed E-state index contributed by atoms with van der Waals surface area (Å²) in [5, 5.41) is 11.5. The lowest BCUT2D eigenvalue weighted by Gasteiger charge is -2.14. The first-order valence-corrected chi connectivity index (χ1v) is 11.8. The minimum Gasteiger partial charge on any atom is -0.376 e. The zero-order chi connectivity index (χ0) is 21.3. The fourth-order valence-corrected chi connectivity index (χ4v) is 5.44. The maximum atomic E-state index is 12.9. The molecular weight excluding hydrogens is 420 g/mol. The SMILES string of the molecule is CC(=O)c1c(C)[nH]c(C(=O)CSc2nnc(-c3cccs3)n2CC2CCCO2)c1C. The number of H-pyrrole nitrogens is 1. The first kappa shape index (κ1) is 21.0. The lowest BCUT2D eigenvalue weighted by molar-refractivity contribution is 0.0953. The van der Waals surface area contributed by atoms with Crippen molar-refractivity contribution in [1.82, 2.24) is 19.7 Å². The van der Waals surface area contributed by atoms with Gasteiger partial charge in [-0.05, 0) is 50.6 Å². The van der Waals surface area contributed by atoms with Crippen LogP contribution in [-0.4, -0.2) is 49.8 Å². The molecule has 0 aliphatic carbocycles. The summed E-state index contributed by atoms with van der Waals surface area (Å²) in [6.07, 6.45) is 2.22. The molecule has 1 aliphatic heterocycles. The van der Waals surface area contributed by atoms with Crippen LogP contribution < -0.4 is 0 Å². The third-order valence-electron chi connectivity index (χ3n) is 5.27. The minimum absolute atomic E-state index is 0.0372. The summed E-state index contributed by atoms with van der Waals surface area (Å²) < 4.78 is 7.88. The van der Waals surface area contributed by atoms with Gasteiger partial charge in [-0.25, -0.2) is 0 Å². The molecule has 0 amide bonds. The Labute approximate surface area is 183 Å². The van der Waals surface area contributed by atoms with Crippen LogP contribution in [0.4, 0.5) is 0 Å². The molecule has 9 heteroatoms. The van der Waals surface area contributed by atoms with Crippen molar-refractivity contribution in [3.63, 3.8) is 0 Å². The molecule has 3 aromatic heterocycles. The van der Waals surface area contributed by atoms with Crippen molar-refractivity contribution in [3.8, 4) is 10.7 Å². The highest BCUT2D eigenvalue weighted by Crippen LogP contribution is 2.30. The Morgan fingerprint density at radius 1 is 1.37 bits per heavy atom. The maximum Gasteiger partial charge on any atom is 0.192 e. The molecule has 0 bridgehead atoms. The molecule has 1 fully saturated rings. The summed E-state index contributed by atoms with van der Waals surface area (Å²) in [4.78, 5) is 28.9. The molecule has 1 N–H and O–H groups in total. The topological polar surface area (TPSA) is 89.9 Å². The van der Waals surface area contributed by atoms with E-state index in [9.17, 15) is 9.59 Å². The van der Waals surface area contributed by atoms with E-state index in [1.165, 1.54) is 18.7 Å². The molecule has 0 aromatic carbocycles. The number of rotatable bonds is 8. The molecule has 158 valence electrons. The second-order valence-corrected chi connectivity index (χ2v) is 9.31. The molecule has 1 aliphatic rings. The van der Waals surface area contributed by atoms with Crippen LogP contribution in [0.2, 0.25) is 0 Å². The van der Waals surface area contributed by atoms with Gasteiger partial charge in [0.2, 0.25) is 0 Å². The number of hydrogen-bond acceptors (Lipinski definition) is 7. The zero-order valence-corrected chi connectivity index (χ0v) is 18.9. The highest BCUT2D eigenvalue weighted by molar-refractivity contribution is 7.99. The van der Waals surface area contributed by atoms with E-state index in [4.69, 9.17) is 4.74 Å². The Morgan fingerprint density at radius 3 is 2.83 bits per heavy atom. The second-order valence-electron chi connectivity index (χ2n) is 7.42. The Morgan fingerprint density at radius 2 is 2.20 bits per heavy atom. The van der Waals surface area contributed by atoms with E-state index in [1.54, 1.807) is 11.3 Å². The van der Waals surface area contributed by atoms with Crippen molar-refractivity contribution in [3.05, 3.63) is 40.0 Å². The van der Waals surface area contributed by atoms with Gasteiger partial charge in [-0.1, -0.05) is 17.8 Å². The van der Waals surface area contributed by atoms with E-state index < -0.39 is 0 Å². The fourth-order valence-electron chi connectivity index (χ4n) is 3.90. The van der Waals surface area contributed by atoms with Crippen molar-refractivity contribution < 1.29 is 14.3 Å². The summed E-state index contributed by atoms with van der Waals surface area (Å²) in [6.45, 7) is 6.61. The highest BCUT2D eigenvalue weighted by atomic mass is 32.2. The smallest absolute Gasteiger partial charge is 0.192 e. The molecule has 1 saturated heterocycles. The van der Waals surface area contributed by atoms with Crippen LogP contribution in [0, 0.1) is 13.8 Å². The van der Waals surface area contributed by atoms with Crippen LogP contribution in [0.15, 0.2) is 22.7 Å². The van der Waals surface area contributed by atoms with Gasteiger partial charge in [0, 0.05) is 17.9 Å². The van der Waals surface area contributed by atoms with Gasteiger partial charge >= 0.3 is 0 Å². The molecule has 1 atom stereocenters. The van der Waals surface area contributed by atoms with Gasteiger partial charge in [-0.3, -0.25) is 14.2 Å². The van der Waals surface area contributed by atoms with E-state index in [-0.39, 0.29) is 23.4 Å². The predicted octanol–water partition coefficient (Wildman–Crippen LogP) is 4.31. The summed E-state index contributed by atoms with van der Waals surface area (Å²) in [7, 11) is 0. The van der Waals surface area contributed by atoms with Gasteiger partial charge in [0.1, 0.15) is 0 Å². The van der Waals surface area contributed by atoms with Gasteiger partial charge in [-0.2, -0.15) is 0 Å². The Bertz CT molecular complexity index is 1060. The number of carbonyl (C=O) groups is 2. The molecule has 0 radical (unpaired) electrons. The van der Waals surface area contributed by atoms with E-state index in [2.05, 4.69) is 19.7 Å². The average Bonchev–Trinajstić information content (AvgIpc) is 3.48. The zero-order valence-electron chi connectivity index (χ0n) is 17.2. The number of aromatic nitrogens is 4. The van der Waals surface area contributed by atoms with Crippen molar-refractivity contribution in [2.24, 2.45) is 0 Å². The average molecular weight is 445 g/mol. The van der Waals surface area contributed by atoms with Crippen molar-refractivity contribution in [1.29, 1.82) is 0 Å². The Hall–Kier alpha value is -2.23. The molecule has 30 heavy (non-hydrogen) atoms. The molecule has 0 saturated carbocycles. The molecule has 4 rings (SSSR count). The Balaban J connectivity index is 1.55. The molecule has 4 heterocycles. The first-order valence-electron chi connectivity index (χ1n) is 9.90. The predicted molar refractivity (Wildman–Crippen MR) is 118 cm³/mol. The third kappa shape index (κ3) is 4.14. The highest BCUT2D eigenvalue weighted by Gasteiger charge is 2.24. The molecule has 3 aromatic rings. The lowest BCUT2D eigenvalue weighted by Crippen LogP contribution is -2.17. The summed E-state index contributed by atoms with van der Waals surface area (Å²) >= 11 is 2.98. The normalized spacial score (nSPS) is 16.3. The molecule has 0 spiro atoms. The van der Waals surface area contributed by atoms with Crippen LogP contribution in [0.25, 0.3) is 10.7 Å². The quantitative estimate of drug-likeness (QED) is 0.411. The van der Waals surface area contributed by atoms with Crippen molar-refractivity contribution in [2.45, 2.75) is 51.4 Å². The lowest BCUT2D eigenvalue weighted by atomic mass is 10.1. The number of carbonyl (C=O) groups excluding carboxylic acids is 2. The number of ketones is 2. The second kappa shape index (κ2) is 8.87. The maximum absolute atomic E-state index is 12.9. The molecule has 7 nitrogen and oxygen atoms in total. The standard InChI is InChI=1S/C21H24N4O3S2/c1-12-18(14(3)26)13(2)22-19(12)16(27)11-30-21-24-23-20(17-7-5-9-29-17)25(21)10-15-6-4-8-28-15/h5,7,9,15,22H,4,6,8,10-11H2,1-3H3. The number of thiophene rings is 1. The number of Topliss-reactive ketones (excluding diaryl/α,β-unsaturated/α-hetero) is 2. The number of aryl methyl sites for hydroxylation is 1. The van der Waals surface area contributed by atoms with E-state index in [0.29, 0.717) is 28.5 Å². The summed E-state index contributed by atoms with van der Waals surface area (Å²) in [5.74, 6) is 0.926. The van der Waals surface area contributed by atoms with Crippen molar-refractivity contribution >= 4 is 34.7 Å². The molecule has 1 unspecified atom stereocenters. The first-order chi connectivity index (χ1) is 14.5. The fraction of sp³-hybridized carbons (Fsp3) is 0.429. The minimum atomic E-state index is -0.0579. The summed E-state index contributed by atoms with van der Waals surface area (Å²) in [6, 6.07) is 4.01. The number of ether oxygens (including phenoxy) is 1. The van der Waals surface area contributed by atoms with Crippen molar-refractivity contribution in [2.75, 3.05) is 12.4 Å². The van der Waals surface area contributed by atoms with E-state index in [0.717, 1.165) is 35.8 Å². The van der Waals surface area contributed by atoms with Crippen LogP contribution in [0.5, 0.6) is 0 Å². The van der Waals surface area contributed by atoms with Crippen LogP contribution in [0.3, 0.4) is 0 Å². The summed E-state index contributed by atoms with van der Waals surface area (Å²) in [5.41, 5.74) is 2.54. The van der Waals surface area contributed by atoms with Crippen LogP contribution >= 0.6 is 23.1 Å². The van der Waals surface area contributed by atoms with Crippen LogP contribution in [0.1, 0.15) is 51.9 Å². The van der Waals surface area contributed by atoms with Gasteiger partial charge in [-0.15, -0.1) is 21.5 Å². The number of nitrogens with zero attached hydrogens (tertiary/aromatic N) is 3. The van der Waals surface area contributed by atoms with Gasteiger partial charge in [0.25, 0.3) is 0 Å². The van der Waals surface area contributed by atoms with Gasteiger partial charge in [0.05, 0.1) is 29.0 Å². The number of thioether (sulfide) groups is 1. The number of nitrogens with one attached hydrogen (secondary N) is 1. The molecular formula is C21H24N4O3S2. The Kier molecular flexibility index (Phi) is 6.21. The largest absolute Gasteiger partial charge is 0.376 e. The van der Waals surface area contributed by atoms with Gasteiger partial charge < -0.3 is 9.72 Å². The van der Waals surface area contributed by atoms with Gasteiger partial charge in [0.15, 0.2) is 22.5 Å². The van der Waals surface area contributed by atoms with Crippen LogP contribution in [-0.2, 0) is 11.3 Å². The van der Waals surface area contributed by atoms with E-state index >= 15 is 0 Å². The third-order valence-corrected chi connectivity index (χ3v) is 7.10. The monoisotopic (exact) mass is 444 g/mol. The number of hydrogen-bond donors (Lipinski definition) is 1. The van der Waals surface area contributed by atoms with E-state index in [1.807, 2.05) is 31.4 Å².